The fraction of sp³-hybridized carbons (Fsp3) is 0.429. The van der Waals surface area contributed by atoms with E-state index in [2.05, 4.69) is 52.7 Å². The first kappa shape index (κ1) is 22.4. The quantitative estimate of drug-likeness (QED) is 0.414. The third kappa shape index (κ3) is 4.78. The average Bonchev–Trinajstić information content (AvgIpc) is 3.32. The maximum Gasteiger partial charge on any atom is 0.0923 e. The maximum absolute atomic E-state index is 6.41. The Balaban J connectivity index is 1.56. The van der Waals surface area contributed by atoms with Crippen molar-refractivity contribution in [3.63, 3.8) is 0 Å². The molecule has 0 spiro atoms. The van der Waals surface area contributed by atoms with Crippen LogP contribution in [0.3, 0.4) is 0 Å². The summed E-state index contributed by atoms with van der Waals surface area (Å²) in [5.41, 5.74) is 9.20. The lowest BCUT2D eigenvalue weighted by atomic mass is 9.80. The predicted molar refractivity (Wildman–Crippen MR) is 136 cm³/mol. The monoisotopic (exact) mass is 460 g/mol. The summed E-state index contributed by atoms with van der Waals surface area (Å²) in [5.74, 6) is 0.414. The zero-order chi connectivity index (χ0) is 22.6. The number of pyridine rings is 1. The standard InChI is InChI=1S/C28H33ClN4/c1-2-3-4-7-24(26-17-30-18-33-26)25-16-21(12-14-31-25)27-23-11-10-22(29)15-20(23)9-8-19-6-5-13-32-28(19)27/h5-6,10-11,13,15,17-18,24-25,31H,2-4,7-9,12,14,16H2,1H3,(H,30,33)/b27-21+. The number of hydrogen-bond donors (Lipinski definition) is 2. The Bertz CT molecular complexity index is 1120. The second-order valence-corrected chi connectivity index (χ2v) is 9.84. The zero-order valence-corrected chi connectivity index (χ0v) is 20.2. The minimum Gasteiger partial charge on any atom is -0.351 e. The number of benzene rings is 1. The van der Waals surface area contributed by atoms with Crippen LogP contribution in [0.15, 0.2) is 54.6 Å². The molecule has 2 unspecified atom stereocenters. The van der Waals surface area contributed by atoms with Gasteiger partial charge in [0.25, 0.3) is 0 Å². The van der Waals surface area contributed by atoms with Crippen LogP contribution in [-0.4, -0.2) is 27.5 Å². The number of halogens is 1. The van der Waals surface area contributed by atoms with Gasteiger partial charge in [0.1, 0.15) is 0 Å². The summed E-state index contributed by atoms with van der Waals surface area (Å²) in [6.07, 6.45) is 14.8. The lowest BCUT2D eigenvalue weighted by Crippen LogP contribution is -2.40. The van der Waals surface area contributed by atoms with Gasteiger partial charge in [-0.25, -0.2) is 4.98 Å². The second kappa shape index (κ2) is 10.2. The third-order valence-corrected chi connectivity index (χ3v) is 7.52. The molecule has 5 rings (SSSR count). The number of unbranched alkanes of at least 4 members (excludes halogenated alkanes) is 2. The van der Waals surface area contributed by atoms with Crippen LogP contribution < -0.4 is 5.32 Å². The summed E-state index contributed by atoms with van der Waals surface area (Å²) < 4.78 is 0. The Morgan fingerprint density at radius 3 is 2.85 bits per heavy atom. The Morgan fingerprint density at radius 1 is 1.09 bits per heavy atom. The van der Waals surface area contributed by atoms with Crippen LogP contribution in [0.5, 0.6) is 0 Å². The Kier molecular flexibility index (Phi) is 6.93. The predicted octanol–water partition coefficient (Wildman–Crippen LogP) is 6.47. The maximum atomic E-state index is 6.41. The summed E-state index contributed by atoms with van der Waals surface area (Å²) >= 11 is 6.41. The van der Waals surface area contributed by atoms with E-state index in [1.54, 1.807) is 0 Å². The van der Waals surface area contributed by atoms with Gasteiger partial charge in [0, 0.05) is 34.9 Å². The van der Waals surface area contributed by atoms with E-state index in [4.69, 9.17) is 16.6 Å². The summed E-state index contributed by atoms with van der Waals surface area (Å²) in [6, 6.07) is 11.1. The number of H-pyrrole nitrogens is 1. The zero-order valence-electron chi connectivity index (χ0n) is 19.4. The number of piperidine rings is 1. The highest BCUT2D eigenvalue weighted by Crippen LogP contribution is 2.40. The van der Waals surface area contributed by atoms with Gasteiger partial charge in [-0.3, -0.25) is 4.98 Å². The number of imidazole rings is 1. The minimum atomic E-state index is 0.382. The highest BCUT2D eigenvalue weighted by atomic mass is 35.5. The van der Waals surface area contributed by atoms with Crippen molar-refractivity contribution in [2.45, 2.75) is 70.3 Å². The number of fused-ring (bicyclic) bond motifs is 2. The molecule has 2 atom stereocenters. The van der Waals surface area contributed by atoms with E-state index in [0.29, 0.717) is 12.0 Å². The van der Waals surface area contributed by atoms with E-state index < -0.39 is 0 Å². The molecule has 0 radical (unpaired) electrons. The molecule has 2 aromatic heterocycles. The van der Waals surface area contributed by atoms with Crippen LogP contribution in [-0.2, 0) is 12.8 Å². The van der Waals surface area contributed by atoms with Crippen molar-refractivity contribution in [2.75, 3.05) is 6.54 Å². The van der Waals surface area contributed by atoms with Crippen LogP contribution in [0.4, 0.5) is 0 Å². The summed E-state index contributed by atoms with van der Waals surface area (Å²) in [5, 5.41) is 4.66. The van der Waals surface area contributed by atoms with Gasteiger partial charge in [0.05, 0.1) is 17.7 Å². The Morgan fingerprint density at radius 2 is 2.00 bits per heavy atom. The van der Waals surface area contributed by atoms with E-state index in [-0.39, 0.29) is 0 Å². The molecule has 0 bridgehead atoms. The van der Waals surface area contributed by atoms with E-state index in [0.717, 1.165) is 42.9 Å². The molecule has 1 aliphatic carbocycles. The molecular weight excluding hydrogens is 428 g/mol. The number of nitrogens with one attached hydrogen (secondary N) is 2. The van der Waals surface area contributed by atoms with Crippen molar-refractivity contribution < 1.29 is 0 Å². The molecule has 5 heteroatoms. The first-order valence-electron chi connectivity index (χ1n) is 12.4. The molecule has 33 heavy (non-hydrogen) atoms. The number of aromatic amines is 1. The van der Waals surface area contributed by atoms with Gasteiger partial charge in [-0.2, -0.15) is 0 Å². The SMILES string of the molecule is CCCCCC(c1c[nH]cn1)C1C/C(=C2\c3ccc(Cl)cc3CCc3cccnc32)CCN1. The topological polar surface area (TPSA) is 53.6 Å². The van der Waals surface area contributed by atoms with E-state index in [1.165, 1.54) is 59.2 Å². The van der Waals surface area contributed by atoms with Gasteiger partial charge in [0.2, 0.25) is 0 Å². The average molecular weight is 461 g/mol. The molecule has 1 aromatic carbocycles. The van der Waals surface area contributed by atoms with E-state index in [1.807, 2.05) is 18.6 Å². The van der Waals surface area contributed by atoms with Gasteiger partial charge in [-0.1, -0.05) is 55.5 Å². The van der Waals surface area contributed by atoms with E-state index >= 15 is 0 Å². The van der Waals surface area contributed by atoms with Crippen molar-refractivity contribution >= 4 is 17.2 Å². The summed E-state index contributed by atoms with van der Waals surface area (Å²) in [7, 11) is 0. The van der Waals surface area contributed by atoms with Gasteiger partial charge in [-0.05, 0) is 73.5 Å². The summed E-state index contributed by atoms with van der Waals surface area (Å²) in [4.78, 5) is 12.8. The number of nitrogens with zero attached hydrogens (tertiary/aromatic N) is 2. The van der Waals surface area contributed by atoms with Crippen LogP contribution in [0, 0.1) is 0 Å². The molecule has 172 valence electrons. The normalized spacial score (nSPS) is 21.2. The molecule has 4 nitrogen and oxygen atoms in total. The fourth-order valence-corrected chi connectivity index (χ4v) is 5.83. The Labute approximate surface area is 201 Å². The lowest BCUT2D eigenvalue weighted by Gasteiger charge is -2.33. The first-order valence-corrected chi connectivity index (χ1v) is 12.8. The molecule has 2 N–H and O–H groups in total. The van der Waals surface area contributed by atoms with Gasteiger partial charge in [-0.15, -0.1) is 0 Å². The van der Waals surface area contributed by atoms with Crippen LogP contribution in [0.25, 0.3) is 5.57 Å². The van der Waals surface area contributed by atoms with Crippen molar-refractivity contribution in [1.29, 1.82) is 0 Å². The largest absolute Gasteiger partial charge is 0.351 e. The molecule has 2 aliphatic rings. The molecule has 1 fully saturated rings. The summed E-state index contributed by atoms with van der Waals surface area (Å²) in [6.45, 7) is 3.26. The molecular formula is C28H33ClN4. The molecule has 0 saturated carbocycles. The van der Waals surface area contributed by atoms with Crippen LogP contribution in [0.1, 0.15) is 79.4 Å². The highest BCUT2D eigenvalue weighted by molar-refractivity contribution is 6.30. The number of hydrogen-bond acceptors (Lipinski definition) is 3. The molecule has 3 aromatic rings. The molecule has 0 amide bonds. The van der Waals surface area contributed by atoms with Gasteiger partial charge < -0.3 is 10.3 Å². The van der Waals surface area contributed by atoms with Gasteiger partial charge in [0.15, 0.2) is 0 Å². The van der Waals surface area contributed by atoms with Crippen molar-refractivity contribution in [3.05, 3.63) is 87.7 Å². The van der Waals surface area contributed by atoms with Crippen molar-refractivity contribution in [2.24, 2.45) is 0 Å². The molecule has 1 saturated heterocycles. The van der Waals surface area contributed by atoms with Crippen molar-refractivity contribution in [1.82, 2.24) is 20.3 Å². The van der Waals surface area contributed by atoms with Crippen LogP contribution >= 0.6 is 11.6 Å². The first-order chi connectivity index (χ1) is 16.2. The minimum absolute atomic E-state index is 0.382. The highest BCUT2D eigenvalue weighted by Gasteiger charge is 2.31. The smallest absolute Gasteiger partial charge is 0.0923 e. The van der Waals surface area contributed by atoms with E-state index in [9.17, 15) is 0 Å². The number of rotatable bonds is 6. The van der Waals surface area contributed by atoms with Gasteiger partial charge >= 0.3 is 0 Å². The fourth-order valence-electron chi connectivity index (χ4n) is 5.64. The number of aromatic nitrogens is 3. The molecule has 3 heterocycles. The van der Waals surface area contributed by atoms with Crippen LogP contribution in [0.2, 0.25) is 5.02 Å². The lowest BCUT2D eigenvalue weighted by molar-refractivity contribution is 0.369. The Hall–Kier alpha value is -2.43. The third-order valence-electron chi connectivity index (χ3n) is 7.29. The molecule has 1 aliphatic heterocycles. The second-order valence-electron chi connectivity index (χ2n) is 9.40. The van der Waals surface area contributed by atoms with Crippen molar-refractivity contribution in [3.8, 4) is 0 Å². The number of aryl methyl sites for hydroxylation is 2.